The van der Waals surface area contributed by atoms with Crippen LogP contribution >= 0.6 is 0 Å². The van der Waals surface area contributed by atoms with Crippen molar-refractivity contribution in [3.05, 3.63) is 0 Å². The highest BCUT2D eigenvalue weighted by atomic mass is 16.4. The zero-order valence-corrected chi connectivity index (χ0v) is 9.50. The average molecular weight is 201 g/mol. The van der Waals surface area contributed by atoms with Crippen LogP contribution in [0.2, 0.25) is 0 Å². The number of amides is 1. The molecule has 2 atom stereocenters. The van der Waals surface area contributed by atoms with E-state index in [0.717, 1.165) is 13.1 Å². The fourth-order valence-electron chi connectivity index (χ4n) is 2.51. The summed E-state index contributed by atoms with van der Waals surface area (Å²) < 4.78 is 0.167. The maximum Gasteiger partial charge on any atom is 0.514 e. The van der Waals surface area contributed by atoms with Gasteiger partial charge in [-0.15, -0.1) is 0 Å². The lowest BCUT2D eigenvalue weighted by molar-refractivity contribution is -0.926. The molecule has 82 valence electrons. The van der Waals surface area contributed by atoms with E-state index in [-0.39, 0.29) is 16.1 Å². The van der Waals surface area contributed by atoms with Crippen molar-refractivity contribution in [2.45, 2.75) is 39.3 Å². The largest absolute Gasteiger partial charge is 0.514 e. The van der Waals surface area contributed by atoms with E-state index in [4.69, 9.17) is 0 Å². The standard InChI is InChI=1S/C10H20N2O2/c1-8-7-11-5-6-12(8,9(13)14)10(2,3)4/h8,11H,5-7H2,1-4H3/p+1/t8-,12?/m0/s1. The first kappa shape index (κ1) is 11.5. The highest BCUT2D eigenvalue weighted by Gasteiger charge is 2.52. The first-order valence-electron chi connectivity index (χ1n) is 5.14. The first-order chi connectivity index (χ1) is 6.32. The van der Waals surface area contributed by atoms with Gasteiger partial charge in [0.2, 0.25) is 0 Å². The van der Waals surface area contributed by atoms with Crippen molar-refractivity contribution in [2.24, 2.45) is 0 Å². The summed E-state index contributed by atoms with van der Waals surface area (Å²) in [7, 11) is 0. The Morgan fingerprint density at radius 1 is 1.50 bits per heavy atom. The molecule has 0 bridgehead atoms. The summed E-state index contributed by atoms with van der Waals surface area (Å²) in [6.45, 7) is 10.2. The second-order valence-electron chi connectivity index (χ2n) is 5.10. The van der Waals surface area contributed by atoms with Gasteiger partial charge in [0.25, 0.3) is 0 Å². The number of quaternary nitrogens is 1. The zero-order chi connectivity index (χ0) is 11.0. The summed E-state index contributed by atoms with van der Waals surface area (Å²) >= 11 is 0. The molecule has 0 radical (unpaired) electrons. The molecule has 1 rings (SSSR count). The summed E-state index contributed by atoms with van der Waals surface area (Å²) in [4.78, 5) is 11.5. The molecule has 0 spiro atoms. The lowest BCUT2D eigenvalue weighted by atomic mass is 9.96. The molecule has 1 saturated heterocycles. The van der Waals surface area contributed by atoms with E-state index in [1.165, 1.54) is 0 Å². The van der Waals surface area contributed by atoms with E-state index < -0.39 is 6.09 Å². The van der Waals surface area contributed by atoms with Crippen molar-refractivity contribution >= 4 is 6.09 Å². The normalized spacial score (nSPS) is 34.1. The highest BCUT2D eigenvalue weighted by molar-refractivity contribution is 5.57. The van der Waals surface area contributed by atoms with Crippen LogP contribution in [0.3, 0.4) is 0 Å². The van der Waals surface area contributed by atoms with Crippen LogP contribution in [0.25, 0.3) is 0 Å². The number of nitrogens with zero attached hydrogens (tertiary/aromatic N) is 1. The number of carbonyl (C=O) groups is 1. The van der Waals surface area contributed by atoms with Gasteiger partial charge in [-0.2, -0.15) is 4.79 Å². The van der Waals surface area contributed by atoms with E-state index in [9.17, 15) is 9.90 Å². The van der Waals surface area contributed by atoms with Gasteiger partial charge >= 0.3 is 6.09 Å². The molecular weight excluding hydrogens is 180 g/mol. The Balaban J connectivity index is 3.08. The molecule has 1 aliphatic heterocycles. The van der Waals surface area contributed by atoms with E-state index in [2.05, 4.69) is 5.32 Å². The predicted octanol–water partition coefficient (Wildman–Crippen LogP) is 1.27. The SMILES string of the molecule is C[C@H]1CNCC[N+]1(C(=O)O)C(C)(C)C. The van der Waals surface area contributed by atoms with Crippen LogP contribution in [-0.4, -0.2) is 46.9 Å². The minimum absolute atomic E-state index is 0.126. The monoisotopic (exact) mass is 201 g/mol. The van der Waals surface area contributed by atoms with Gasteiger partial charge in [0.1, 0.15) is 18.1 Å². The fraction of sp³-hybridized carbons (Fsp3) is 0.900. The number of nitrogens with one attached hydrogen (secondary N) is 1. The second-order valence-corrected chi connectivity index (χ2v) is 5.10. The van der Waals surface area contributed by atoms with E-state index in [1.54, 1.807) is 0 Å². The summed E-state index contributed by atoms with van der Waals surface area (Å²) in [5.41, 5.74) is -0.243. The third-order valence-electron chi connectivity index (χ3n) is 3.37. The molecule has 1 heterocycles. The van der Waals surface area contributed by atoms with E-state index in [1.807, 2.05) is 27.7 Å². The van der Waals surface area contributed by atoms with Gasteiger partial charge < -0.3 is 10.4 Å². The Morgan fingerprint density at radius 2 is 2.07 bits per heavy atom. The van der Waals surface area contributed by atoms with Crippen molar-refractivity contribution < 1.29 is 14.4 Å². The van der Waals surface area contributed by atoms with Crippen molar-refractivity contribution in [1.29, 1.82) is 0 Å². The Kier molecular flexibility index (Phi) is 2.88. The first-order valence-corrected chi connectivity index (χ1v) is 5.14. The van der Waals surface area contributed by atoms with Gasteiger partial charge in [-0.1, -0.05) is 0 Å². The summed E-state index contributed by atoms with van der Waals surface area (Å²) in [6, 6.07) is 0.126. The smallest absolute Gasteiger partial charge is 0.435 e. The topological polar surface area (TPSA) is 49.3 Å². The fourth-order valence-corrected chi connectivity index (χ4v) is 2.51. The van der Waals surface area contributed by atoms with Gasteiger partial charge in [0.05, 0.1) is 0 Å². The molecule has 1 unspecified atom stereocenters. The van der Waals surface area contributed by atoms with Crippen molar-refractivity contribution in [1.82, 2.24) is 5.32 Å². The van der Waals surface area contributed by atoms with Gasteiger partial charge in [-0.05, 0) is 27.7 Å². The highest BCUT2D eigenvalue weighted by Crippen LogP contribution is 2.30. The van der Waals surface area contributed by atoms with Gasteiger partial charge in [-0.3, -0.25) is 0 Å². The van der Waals surface area contributed by atoms with E-state index >= 15 is 0 Å². The van der Waals surface area contributed by atoms with Crippen LogP contribution in [0, 0.1) is 0 Å². The van der Waals surface area contributed by atoms with Crippen LogP contribution < -0.4 is 5.32 Å². The van der Waals surface area contributed by atoms with E-state index in [0.29, 0.717) is 6.54 Å². The molecule has 1 aliphatic rings. The third kappa shape index (κ3) is 1.53. The molecule has 0 aromatic rings. The molecular formula is C10H21N2O2+. The number of rotatable bonds is 0. The quantitative estimate of drug-likeness (QED) is 0.580. The van der Waals surface area contributed by atoms with Crippen molar-refractivity contribution in [3.8, 4) is 0 Å². The van der Waals surface area contributed by atoms with Crippen LogP contribution in [0.4, 0.5) is 4.79 Å². The third-order valence-corrected chi connectivity index (χ3v) is 3.37. The van der Waals surface area contributed by atoms with Crippen LogP contribution in [-0.2, 0) is 0 Å². The molecule has 0 aromatic heterocycles. The van der Waals surface area contributed by atoms with Crippen LogP contribution in [0.1, 0.15) is 27.7 Å². The summed E-state index contributed by atoms with van der Waals surface area (Å²) in [5.74, 6) is 0. The molecule has 1 fully saturated rings. The predicted molar refractivity (Wildman–Crippen MR) is 55.2 cm³/mol. The Hall–Kier alpha value is -0.610. The van der Waals surface area contributed by atoms with Gasteiger partial charge in [0.15, 0.2) is 0 Å². The molecule has 4 nitrogen and oxygen atoms in total. The minimum atomic E-state index is -0.702. The molecule has 0 aromatic carbocycles. The maximum atomic E-state index is 11.5. The average Bonchev–Trinajstić information content (AvgIpc) is 2.02. The molecule has 4 heteroatoms. The van der Waals surface area contributed by atoms with Gasteiger partial charge in [0, 0.05) is 13.1 Å². The number of hydrogen-bond donors (Lipinski definition) is 2. The van der Waals surface area contributed by atoms with Crippen LogP contribution in [0.15, 0.2) is 0 Å². The number of carboxylic acid groups (broad SMARTS) is 1. The number of hydrogen-bond acceptors (Lipinski definition) is 2. The molecule has 0 aliphatic carbocycles. The van der Waals surface area contributed by atoms with Crippen molar-refractivity contribution in [3.63, 3.8) is 0 Å². The van der Waals surface area contributed by atoms with Crippen molar-refractivity contribution in [2.75, 3.05) is 19.6 Å². The molecule has 1 amide bonds. The lowest BCUT2D eigenvalue weighted by Crippen LogP contribution is -2.73. The maximum absolute atomic E-state index is 11.5. The molecule has 2 N–H and O–H groups in total. The summed E-state index contributed by atoms with van der Waals surface area (Å²) in [6.07, 6.45) is -0.702. The zero-order valence-electron chi connectivity index (χ0n) is 9.50. The Bertz CT molecular complexity index is 235. The van der Waals surface area contributed by atoms with Crippen LogP contribution in [0.5, 0.6) is 0 Å². The minimum Gasteiger partial charge on any atom is -0.435 e. The summed E-state index contributed by atoms with van der Waals surface area (Å²) in [5, 5.41) is 12.7. The Labute approximate surface area is 85.5 Å². The Morgan fingerprint density at radius 3 is 2.36 bits per heavy atom. The number of piperazine rings is 1. The second kappa shape index (κ2) is 3.51. The molecule has 0 saturated carbocycles. The van der Waals surface area contributed by atoms with Gasteiger partial charge in [-0.25, -0.2) is 4.48 Å². The lowest BCUT2D eigenvalue weighted by Gasteiger charge is -2.49. The molecule has 14 heavy (non-hydrogen) atoms.